The molecule has 0 N–H and O–H groups in total. The number of furan rings is 1. The van der Waals surface area contributed by atoms with Crippen LogP contribution in [0.2, 0.25) is 0 Å². The molecule has 0 unspecified atom stereocenters. The van der Waals surface area contributed by atoms with Crippen LogP contribution in [-0.2, 0) is 0 Å². The predicted octanol–water partition coefficient (Wildman–Crippen LogP) is 14.1. The minimum atomic E-state index is 0.562. The van der Waals surface area contributed by atoms with E-state index in [1.54, 1.807) is 0 Å². The Morgan fingerprint density at radius 3 is 1.70 bits per heavy atom. The molecule has 61 heavy (non-hydrogen) atoms. The molecule has 0 atom stereocenters. The van der Waals surface area contributed by atoms with Crippen LogP contribution in [-0.4, -0.2) is 24.1 Å². The molecule has 0 aliphatic heterocycles. The zero-order valence-corrected chi connectivity index (χ0v) is 32.7. The molecule has 6 heteroatoms. The summed E-state index contributed by atoms with van der Waals surface area (Å²) < 4.78 is 11.3. The first-order valence-corrected chi connectivity index (χ1v) is 20.5. The van der Waals surface area contributed by atoms with Crippen LogP contribution in [0.4, 0.5) is 0 Å². The van der Waals surface area contributed by atoms with Crippen molar-refractivity contribution in [3.63, 3.8) is 0 Å². The van der Waals surface area contributed by atoms with Crippen LogP contribution in [0, 0.1) is 0 Å². The highest BCUT2D eigenvalue weighted by Crippen LogP contribution is 2.44. The summed E-state index contributed by atoms with van der Waals surface area (Å²) in [4.78, 5) is 16.1. The average Bonchev–Trinajstić information content (AvgIpc) is 3.98. The minimum Gasteiger partial charge on any atom is -0.456 e. The number of rotatable bonds is 5. The lowest BCUT2D eigenvalue weighted by Gasteiger charge is -2.16. The van der Waals surface area contributed by atoms with E-state index in [0.29, 0.717) is 17.5 Å². The van der Waals surface area contributed by atoms with Crippen LogP contribution in [0.1, 0.15) is 0 Å². The highest BCUT2D eigenvalue weighted by atomic mass is 16.3. The van der Waals surface area contributed by atoms with E-state index in [1.165, 1.54) is 26.9 Å². The van der Waals surface area contributed by atoms with Crippen LogP contribution in [0.5, 0.6) is 0 Å². The normalized spacial score (nSPS) is 11.9. The number of para-hydroxylation sites is 4. The lowest BCUT2D eigenvalue weighted by atomic mass is 10.0. The van der Waals surface area contributed by atoms with Gasteiger partial charge in [0.15, 0.2) is 17.5 Å². The van der Waals surface area contributed by atoms with E-state index in [1.807, 2.05) is 30.3 Å². The Balaban J connectivity index is 1.14. The Kier molecular flexibility index (Phi) is 7.21. The summed E-state index contributed by atoms with van der Waals surface area (Å²) in [5.41, 5.74) is 10.7. The molecule has 0 saturated carbocycles. The molecule has 0 radical (unpaired) electrons. The van der Waals surface area contributed by atoms with Crippen LogP contribution >= 0.6 is 0 Å². The lowest BCUT2D eigenvalue weighted by Crippen LogP contribution is -2.04. The molecule has 9 aromatic carbocycles. The molecule has 0 saturated heterocycles. The van der Waals surface area contributed by atoms with Crippen LogP contribution in [0.15, 0.2) is 205 Å². The van der Waals surface area contributed by atoms with E-state index in [-0.39, 0.29) is 0 Å². The Morgan fingerprint density at radius 1 is 0.344 bits per heavy atom. The molecule has 4 heterocycles. The third kappa shape index (κ3) is 5.12. The second kappa shape index (κ2) is 13.1. The van der Waals surface area contributed by atoms with Gasteiger partial charge in [0.2, 0.25) is 0 Å². The van der Waals surface area contributed by atoms with Gasteiger partial charge in [-0.3, -0.25) is 0 Å². The fraction of sp³-hybridized carbons (Fsp3) is 0. The maximum atomic E-state index is 6.60. The molecule has 0 aliphatic rings. The van der Waals surface area contributed by atoms with Gasteiger partial charge in [0, 0.05) is 49.1 Å². The van der Waals surface area contributed by atoms with E-state index >= 15 is 0 Å². The minimum absolute atomic E-state index is 0.562. The third-order valence-corrected chi connectivity index (χ3v) is 12.1. The lowest BCUT2D eigenvalue weighted by molar-refractivity contribution is 0.669. The van der Waals surface area contributed by atoms with Crippen molar-refractivity contribution < 1.29 is 4.42 Å². The van der Waals surface area contributed by atoms with E-state index in [9.17, 15) is 0 Å². The molecule has 13 aromatic rings. The van der Waals surface area contributed by atoms with Gasteiger partial charge in [-0.15, -0.1) is 0 Å². The summed E-state index contributed by atoms with van der Waals surface area (Å²) in [6, 6.07) is 70.2. The summed E-state index contributed by atoms with van der Waals surface area (Å²) in [6.45, 7) is 0. The fourth-order valence-electron chi connectivity index (χ4n) is 9.43. The monoisotopic (exact) mass is 779 g/mol. The molecule has 4 aromatic heterocycles. The first kappa shape index (κ1) is 33.6. The standard InChI is InChI=1S/C55H33N5O/c1-3-15-34(16-4-1)53-56-54(37-27-28-41-39-21-9-12-24-44(39)59(47(41)33-37)38-19-5-2-6-20-38)58-55(57-53)52-46(29-30-50-51(52)42-23-11-14-26-49(42)61-50)60-45-25-13-10-22-40(45)43-31-35-17-7-8-18-36(35)32-48(43)60/h1-33H. The van der Waals surface area contributed by atoms with Gasteiger partial charge in [-0.05, 0) is 71.4 Å². The van der Waals surface area contributed by atoms with Crippen molar-refractivity contribution in [2.75, 3.05) is 0 Å². The molecular weight excluding hydrogens is 747 g/mol. The highest BCUT2D eigenvalue weighted by molar-refractivity contribution is 6.17. The smallest absolute Gasteiger partial charge is 0.166 e. The first-order chi connectivity index (χ1) is 30.2. The molecule has 6 nitrogen and oxygen atoms in total. The topological polar surface area (TPSA) is 61.7 Å². The first-order valence-electron chi connectivity index (χ1n) is 20.5. The van der Waals surface area contributed by atoms with Crippen molar-refractivity contribution >= 4 is 76.3 Å². The number of benzene rings is 9. The van der Waals surface area contributed by atoms with Gasteiger partial charge in [-0.1, -0.05) is 140 Å². The molecule has 0 amide bonds. The number of nitrogens with zero attached hydrogens (tertiary/aromatic N) is 5. The SMILES string of the molecule is c1ccc(-c2nc(-c3ccc4c5ccccc5n(-c5ccccc5)c4c3)nc(-c3c(-n4c5ccccc5c5cc6ccccc6cc54)ccc4oc5ccccc5c34)n2)cc1. The maximum absolute atomic E-state index is 6.60. The zero-order chi connectivity index (χ0) is 40.0. The van der Waals surface area contributed by atoms with Gasteiger partial charge in [-0.2, -0.15) is 0 Å². The Morgan fingerprint density at radius 2 is 0.918 bits per heavy atom. The Bertz CT molecular complexity index is 3880. The number of hydrogen-bond acceptors (Lipinski definition) is 4. The summed E-state index contributed by atoms with van der Waals surface area (Å²) in [7, 11) is 0. The fourth-order valence-corrected chi connectivity index (χ4v) is 9.43. The van der Waals surface area contributed by atoms with Gasteiger partial charge in [0.1, 0.15) is 11.2 Å². The van der Waals surface area contributed by atoms with Gasteiger partial charge in [-0.25, -0.2) is 15.0 Å². The van der Waals surface area contributed by atoms with Crippen molar-refractivity contribution in [1.29, 1.82) is 0 Å². The quantitative estimate of drug-likeness (QED) is 0.175. The molecular formula is C55H33N5O. The average molecular weight is 780 g/mol. The second-order valence-electron chi connectivity index (χ2n) is 15.6. The molecule has 0 aliphatic carbocycles. The summed E-state index contributed by atoms with van der Waals surface area (Å²) >= 11 is 0. The second-order valence-corrected chi connectivity index (χ2v) is 15.6. The van der Waals surface area contributed by atoms with Crippen LogP contribution in [0.3, 0.4) is 0 Å². The number of aromatic nitrogens is 5. The van der Waals surface area contributed by atoms with Crippen molar-refractivity contribution in [1.82, 2.24) is 24.1 Å². The third-order valence-electron chi connectivity index (χ3n) is 12.1. The van der Waals surface area contributed by atoms with E-state index < -0.39 is 0 Å². The molecule has 13 rings (SSSR count). The maximum Gasteiger partial charge on any atom is 0.166 e. The molecule has 0 spiro atoms. The van der Waals surface area contributed by atoms with E-state index in [2.05, 4.69) is 179 Å². The highest BCUT2D eigenvalue weighted by Gasteiger charge is 2.25. The van der Waals surface area contributed by atoms with Gasteiger partial charge in [0.05, 0.1) is 33.3 Å². The van der Waals surface area contributed by atoms with Gasteiger partial charge < -0.3 is 13.6 Å². The number of hydrogen-bond donors (Lipinski definition) is 0. The van der Waals surface area contributed by atoms with Gasteiger partial charge >= 0.3 is 0 Å². The largest absolute Gasteiger partial charge is 0.456 e. The Hall–Kier alpha value is -8.35. The van der Waals surface area contributed by atoms with Crippen molar-refractivity contribution in [2.45, 2.75) is 0 Å². The van der Waals surface area contributed by atoms with Crippen molar-refractivity contribution in [2.24, 2.45) is 0 Å². The van der Waals surface area contributed by atoms with Gasteiger partial charge in [0.25, 0.3) is 0 Å². The summed E-state index contributed by atoms with van der Waals surface area (Å²) in [5, 5.41) is 9.04. The molecule has 0 bridgehead atoms. The number of fused-ring (bicyclic) bond motifs is 10. The van der Waals surface area contributed by atoms with Crippen LogP contribution in [0.25, 0.3) is 122 Å². The summed E-state index contributed by atoms with van der Waals surface area (Å²) in [5.74, 6) is 1.74. The van der Waals surface area contributed by atoms with Crippen molar-refractivity contribution in [3.8, 4) is 45.5 Å². The zero-order valence-electron chi connectivity index (χ0n) is 32.7. The van der Waals surface area contributed by atoms with Crippen molar-refractivity contribution in [3.05, 3.63) is 200 Å². The van der Waals surface area contributed by atoms with E-state index in [4.69, 9.17) is 19.4 Å². The van der Waals surface area contributed by atoms with Crippen LogP contribution < -0.4 is 0 Å². The summed E-state index contributed by atoms with van der Waals surface area (Å²) in [6.07, 6.45) is 0. The van der Waals surface area contributed by atoms with E-state index in [0.717, 1.165) is 77.5 Å². The predicted molar refractivity (Wildman–Crippen MR) is 250 cm³/mol. The Labute approximate surface area is 349 Å². The molecule has 284 valence electrons. The molecule has 0 fully saturated rings.